The molecule has 0 unspecified atom stereocenters. The third-order valence-corrected chi connectivity index (χ3v) is 6.55. The number of ether oxygens (including phenoxy) is 1. The largest absolute Gasteiger partial charge is 0.497 e. The Labute approximate surface area is 160 Å². The van der Waals surface area contributed by atoms with Crippen LogP contribution in [0.3, 0.4) is 0 Å². The maximum absolute atomic E-state index is 12.1. The number of hydrogen-bond acceptors (Lipinski definition) is 4. The fraction of sp³-hybridized carbons (Fsp3) is 0.500. The SMILES string of the molecule is COc1ccc2cc(CN3CC[C@@]4(C(=O)O)CCCN(C)[C@@H]4C3)ccc2c1. The molecule has 2 aliphatic rings. The van der Waals surface area contributed by atoms with Crippen molar-refractivity contribution in [1.82, 2.24) is 9.80 Å². The van der Waals surface area contributed by atoms with Gasteiger partial charge in [0, 0.05) is 19.1 Å². The number of methoxy groups -OCH3 is 1. The normalized spacial score (nSPS) is 26.7. The molecular weight excluding hydrogens is 340 g/mol. The van der Waals surface area contributed by atoms with Gasteiger partial charge in [-0.05, 0) is 73.9 Å². The summed E-state index contributed by atoms with van der Waals surface area (Å²) in [6, 6.07) is 12.8. The van der Waals surface area contributed by atoms with Gasteiger partial charge in [-0.15, -0.1) is 0 Å². The van der Waals surface area contributed by atoms with Crippen molar-refractivity contribution < 1.29 is 14.6 Å². The molecule has 4 rings (SSSR count). The zero-order valence-corrected chi connectivity index (χ0v) is 16.1. The van der Waals surface area contributed by atoms with E-state index in [1.807, 2.05) is 6.07 Å². The van der Waals surface area contributed by atoms with Crippen molar-refractivity contribution in [3.05, 3.63) is 42.0 Å². The number of carboxylic acid groups (broad SMARTS) is 1. The fourth-order valence-corrected chi connectivity index (χ4v) is 4.94. The van der Waals surface area contributed by atoms with E-state index >= 15 is 0 Å². The molecule has 0 aliphatic carbocycles. The number of likely N-dealkylation sites (tertiary alicyclic amines) is 2. The molecule has 0 amide bonds. The first-order valence-electron chi connectivity index (χ1n) is 9.74. The topological polar surface area (TPSA) is 53.0 Å². The molecule has 0 saturated carbocycles. The molecule has 2 saturated heterocycles. The van der Waals surface area contributed by atoms with Crippen molar-refractivity contribution in [2.75, 3.05) is 33.8 Å². The van der Waals surface area contributed by atoms with E-state index in [1.54, 1.807) is 7.11 Å². The molecule has 0 bridgehead atoms. The van der Waals surface area contributed by atoms with Crippen molar-refractivity contribution in [2.24, 2.45) is 5.41 Å². The van der Waals surface area contributed by atoms with Crippen LogP contribution in [0.1, 0.15) is 24.8 Å². The van der Waals surface area contributed by atoms with Gasteiger partial charge < -0.3 is 14.7 Å². The standard InChI is InChI=1S/C22H28N2O3/c1-23-10-3-8-22(21(25)26)9-11-24(15-20(22)23)14-16-4-5-18-13-19(27-2)7-6-17(18)12-16/h4-7,12-13,20H,3,8-11,14-15H2,1-2H3,(H,25,26)/t20-,22+/m1/s1. The van der Waals surface area contributed by atoms with E-state index < -0.39 is 11.4 Å². The van der Waals surface area contributed by atoms with Crippen LogP contribution in [0.15, 0.2) is 36.4 Å². The van der Waals surface area contributed by atoms with Gasteiger partial charge in [-0.2, -0.15) is 0 Å². The molecule has 2 aromatic carbocycles. The summed E-state index contributed by atoms with van der Waals surface area (Å²) in [5, 5.41) is 12.3. The summed E-state index contributed by atoms with van der Waals surface area (Å²) in [5.74, 6) is 0.259. The fourth-order valence-electron chi connectivity index (χ4n) is 4.94. The summed E-state index contributed by atoms with van der Waals surface area (Å²) < 4.78 is 5.30. The summed E-state index contributed by atoms with van der Waals surface area (Å²) in [4.78, 5) is 16.7. The number of piperidine rings is 2. The minimum atomic E-state index is -0.613. The highest BCUT2D eigenvalue weighted by atomic mass is 16.5. The van der Waals surface area contributed by atoms with Crippen molar-refractivity contribution in [3.63, 3.8) is 0 Å². The smallest absolute Gasteiger partial charge is 0.311 e. The quantitative estimate of drug-likeness (QED) is 0.898. The molecule has 0 spiro atoms. The highest BCUT2D eigenvalue weighted by Gasteiger charge is 2.52. The maximum Gasteiger partial charge on any atom is 0.311 e. The number of nitrogens with zero attached hydrogens (tertiary/aromatic N) is 2. The lowest BCUT2D eigenvalue weighted by Crippen LogP contribution is -2.62. The van der Waals surface area contributed by atoms with Gasteiger partial charge in [0.2, 0.25) is 0 Å². The minimum absolute atomic E-state index is 0.0993. The lowest BCUT2D eigenvalue weighted by atomic mass is 9.68. The van der Waals surface area contributed by atoms with Gasteiger partial charge in [0.1, 0.15) is 5.75 Å². The van der Waals surface area contributed by atoms with Crippen molar-refractivity contribution in [3.8, 4) is 5.75 Å². The lowest BCUT2D eigenvalue weighted by molar-refractivity contribution is -0.162. The first kappa shape index (κ1) is 18.3. The van der Waals surface area contributed by atoms with Crippen molar-refractivity contribution >= 4 is 16.7 Å². The first-order chi connectivity index (χ1) is 13.0. The van der Waals surface area contributed by atoms with E-state index in [4.69, 9.17) is 4.74 Å². The Balaban J connectivity index is 1.52. The molecule has 2 aliphatic heterocycles. The Morgan fingerprint density at radius 1 is 1.19 bits per heavy atom. The van der Waals surface area contributed by atoms with Gasteiger partial charge in [-0.3, -0.25) is 9.69 Å². The van der Waals surface area contributed by atoms with Gasteiger partial charge in [-0.1, -0.05) is 18.2 Å². The molecular formula is C22H28N2O3. The van der Waals surface area contributed by atoms with E-state index in [0.29, 0.717) is 0 Å². The van der Waals surface area contributed by atoms with Gasteiger partial charge in [0.05, 0.1) is 12.5 Å². The van der Waals surface area contributed by atoms with Crippen LogP contribution in [-0.2, 0) is 11.3 Å². The zero-order valence-electron chi connectivity index (χ0n) is 16.1. The average Bonchev–Trinajstić information content (AvgIpc) is 2.68. The number of benzene rings is 2. The molecule has 2 heterocycles. The number of carbonyl (C=O) groups is 1. The number of hydrogen-bond donors (Lipinski definition) is 1. The number of rotatable bonds is 4. The maximum atomic E-state index is 12.1. The monoisotopic (exact) mass is 368 g/mol. The molecule has 1 N–H and O–H groups in total. The third-order valence-electron chi connectivity index (χ3n) is 6.55. The van der Waals surface area contributed by atoms with Gasteiger partial charge in [0.15, 0.2) is 0 Å². The van der Waals surface area contributed by atoms with Crippen LogP contribution in [0.2, 0.25) is 0 Å². The summed E-state index contributed by atoms with van der Waals surface area (Å²) in [7, 11) is 3.76. The molecule has 2 atom stereocenters. The van der Waals surface area contributed by atoms with Crippen LogP contribution < -0.4 is 4.74 Å². The van der Waals surface area contributed by atoms with Crippen molar-refractivity contribution in [1.29, 1.82) is 0 Å². The Morgan fingerprint density at radius 2 is 1.96 bits per heavy atom. The number of fused-ring (bicyclic) bond motifs is 2. The van der Waals surface area contributed by atoms with E-state index in [2.05, 4.69) is 47.2 Å². The summed E-state index contributed by atoms with van der Waals surface area (Å²) in [6.07, 6.45) is 2.53. The number of aliphatic carboxylic acids is 1. The van der Waals surface area contributed by atoms with Crippen molar-refractivity contribution in [2.45, 2.75) is 31.8 Å². The van der Waals surface area contributed by atoms with E-state index in [-0.39, 0.29) is 6.04 Å². The van der Waals surface area contributed by atoms with Crippen LogP contribution in [0.25, 0.3) is 10.8 Å². The third kappa shape index (κ3) is 3.30. The molecule has 5 nitrogen and oxygen atoms in total. The molecule has 0 radical (unpaired) electrons. The zero-order chi connectivity index (χ0) is 19.0. The Kier molecular flexibility index (Phi) is 4.82. The van der Waals surface area contributed by atoms with E-state index in [9.17, 15) is 9.90 Å². The van der Waals surface area contributed by atoms with E-state index in [0.717, 1.165) is 51.2 Å². The van der Waals surface area contributed by atoms with Gasteiger partial charge >= 0.3 is 5.97 Å². The molecule has 2 fully saturated rings. The van der Waals surface area contributed by atoms with Crippen LogP contribution in [-0.4, -0.2) is 60.7 Å². The molecule has 5 heteroatoms. The Bertz CT molecular complexity index is 853. The van der Waals surface area contributed by atoms with Crippen LogP contribution in [0, 0.1) is 5.41 Å². The molecule has 2 aromatic rings. The summed E-state index contributed by atoms with van der Waals surface area (Å²) in [5.41, 5.74) is 0.706. The first-order valence-corrected chi connectivity index (χ1v) is 9.74. The second kappa shape index (κ2) is 7.13. The Hall–Kier alpha value is -2.11. The minimum Gasteiger partial charge on any atom is -0.497 e. The summed E-state index contributed by atoms with van der Waals surface area (Å²) in [6.45, 7) is 3.52. The van der Waals surface area contributed by atoms with Crippen LogP contribution >= 0.6 is 0 Å². The average molecular weight is 368 g/mol. The lowest BCUT2D eigenvalue weighted by Gasteiger charge is -2.51. The summed E-state index contributed by atoms with van der Waals surface area (Å²) >= 11 is 0. The molecule has 27 heavy (non-hydrogen) atoms. The Morgan fingerprint density at radius 3 is 2.74 bits per heavy atom. The highest BCUT2D eigenvalue weighted by Crippen LogP contribution is 2.42. The van der Waals surface area contributed by atoms with Gasteiger partial charge in [0.25, 0.3) is 0 Å². The molecule has 0 aromatic heterocycles. The molecule has 144 valence electrons. The number of carboxylic acids is 1. The van der Waals surface area contributed by atoms with Crippen LogP contribution in [0.5, 0.6) is 5.75 Å². The second-order valence-electron chi connectivity index (χ2n) is 8.09. The predicted octanol–water partition coefficient (Wildman–Crippen LogP) is 3.22. The predicted molar refractivity (Wildman–Crippen MR) is 106 cm³/mol. The van der Waals surface area contributed by atoms with Gasteiger partial charge in [-0.25, -0.2) is 0 Å². The van der Waals surface area contributed by atoms with Crippen LogP contribution in [0.4, 0.5) is 0 Å². The number of likely N-dealkylation sites (N-methyl/N-ethyl adjacent to an activating group) is 1. The van der Waals surface area contributed by atoms with E-state index in [1.165, 1.54) is 16.3 Å². The highest BCUT2D eigenvalue weighted by molar-refractivity contribution is 5.84. The second-order valence-corrected chi connectivity index (χ2v) is 8.09.